The van der Waals surface area contributed by atoms with Crippen molar-refractivity contribution in [3.8, 4) is 11.3 Å². The van der Waals surface area contributed by atoms with E-state index < -0.39 is 0 Å². The van der Waals surface area contributed by atoms with Gasteiger partial charge >= 0.3 is 0 Å². The number of nitrogens with zero attached hydrogens (tertiary/aromatic N) is 3. The molecule has 0 N–H and O–H groups in total. The van der Waals surface area contributed by atoms with Gasteiger partial charge in [-0.05, 0) is 12.1 Å². The lowest BCUT2D eigenvalue weighted by Crippen LogP contribution is -2.06. The van der Waals surface area contributed by atoms with Crippen LogP contribution in [0.1, 0.15) is 6.92 Å². The summed E-state index contributed by atoms with van der Waals surface area (Å²) in [6.07, 6.45) is 2.13. The maximum atomic E-state index is 4.88. The summed E-state index contributed by atoms with van der Waals surface area (Å²) < 4.78 is 4.47. The van der Waals surface area contributed by atoms with Crippen LogP contribution in [0.3, 0.4) is 0 Å². The van der Waals surface area contributed by atoms with Gasteiger partial charge in [-0.3, -0.25) is 4.40 Å². The minimum Gasteiger partial charge on any atom is -0.308 e. The zero-order valence-corrected chi connectivity index (χ0v) is 13.9. The summed E-state index contributed by atoms with van der Waals surface area (Å²) in [7, 11) is 0. The predicted molar refractivity (Wildman–Crippen MR) is 94.5 cm³/mol. The quantitative estimate of drug-likeness (QED) is 0.487. The summed E-state index contributed by atoms with van der Waals surface area (Å²) in [6.45, 7) is 3.05. The fourth-order valence-electron chi connectivity index (χ4n) is 2.92. The van der Waals surface area contributed by atoms with Crippen molar-refractivity contribution >= 4 is 32.7 Å². The molecule has 2 aromatic carbocycles. The number of hydrogen-bond acceptors (Lipinski definition) is 1. The third-order valence-corrected chi connectivity index (χ3v) is 4.15. The van der Waals surface area contributed by atoms with Crippen molar-refractivity contribution < 1.29 is 0 Å². The molecule has 0 saturated heterocycles. The molecule has 0 spiro atoms. The first-order chi connectivity index (χ1) is 10.7. The molecule has 0 amide bonds. The highest BCUT2D eigenvalue weighted by Gasteiger charge is 2.15. The van der Waals surface area contributed by atoms with E-state index >= 15 is 0 Å². The molecule has 0 aliphatic carbocycles. The van der Waals surface area contributed by atoms with Crippen molar-refractivity contribution in [2.45, 2.75) is 18.3 Å². The number of para-hydroxylation sites is 2. The third-order valence-electron chi connectivity index (χ3n) is 3.86. The Bertz CT molecular complexity index is 935. The van der Waals surface area contributed by atoms with Crippen molar-refractivity contribution in [1.82, 2.24) is 14.0 Å². The van der Waals surface area contributed by atoms with Crippen molar-refractivity contribution in [3.63, 3.8) is 0 Å². The summed E-state index contributed by atoms with van der Waals surface area (Å²) in [5.41, 5.74) is 4.57. The van der Waals surface area contributed by atoms with E-state index in [-0.39, 0.29) is 0 Å². The molecule has 110 valence electrons. The van der Waals surface area contributed by atoms with Crippen LogP contribution in [-0.2, 0) is 6.54 Å². The minimum absolute atomic E-state index is 0.393. The Balaban J connectivity index is 1.99. The van der Waals surface area contributed by atoms with Gasteiger partial charge in [-0.1, -0.05) is 65.3 Å². The highest BCUT2D eigenvalue weighted by molar-refractivity contribution is 9.09. The largest absolute Gasteiger partial charge is 0.308 e. The summed E-state index contributed by atoms with van der Waals surface area (Å²) in [6, 6.07) is 18.8. The lowest BCUT2D eigenvalue weighted by atomic mass is 10.2. The first kappa shape index (κ1) is 13.6. The SMILES string of the molecule is CC(Br)Cn1c2ccccc2n2cc(-c3ccccc3)nc12. The second-order valence-corrected chi connectivity index (χ2v) is 7.11. The highest BCUT2D eigenvalue weighted by Crippen LogP contribution is 2.26. The molecule has 4 aromatic rings. The summed E-state index contributed by atoms with van der Waals surface area (Å²) in [4.78, 5) is 5.27. The van der Waals surface area contributed by atoms with E-state index in [9.17, 15) is 0 Å². The van der Waals surface area contributed by atoms with E-state index in [1.54, 1.807) is 0 Å². The van der Waals surface area contributed by atoms with Crippen molar-refractivity contribution in [3.05, 3.63) is 60.8 Å². The van der Waals surface area contributed by atoms with E-state index in [1.165, 1.54) is 11.0 Å². The van der Waals surface area contributed by atoms with Crippen LogP contribution < -0.4 is 0 Å². The normalized spacial score (nSPS) is 13.0. The van der Waals surface area contributed by atoms with Gasteiger partial charge in [0, 0.05) is 23.1 Å². The summed E-state index contributed by atoms with van der Waals surface area (Å²) in [5.74, 6) is 0.992. The van der Waals surface area contributed by atoms with E-state index in [1.807, 2.05) is 18.2 Å². The Hall–Kier alpha value is -2.07. The standard InChI is InChI=1S/C18H16BrN3/c1-13(19)11-21-16-9-5-6-10-17(16)22-12-15(20-18(21)22)14-7-3-2-4-8-14/h2-10,12-13H,11H2,1H3. The lowest BCUT2D eigenvalue weighted by molar-refractivity contribution is 0.734. The van der Waals surface area contributed by atoms with Gasteiger partial charge in [-0.15, -0.1) is 0 Å². The van der Waals surface area contributed by atoms with Crippen molar-refractivity contribution in [2.24, 2.45) is 0 Å². The third kappa shape index (κ3) is 2.15. The molecule has 0 aliphatic heterocycles. The van der Waals surface area contributed by atoms with Crippen LogP contribution in [0, 0.1) is 0 Å². The number of alkyl halides is 1. The van der Waals surface area contributed by atoms with Crippen LogP contribution in [0.2, 0.25) is 0 Å². The molecule has 1 unspecified atom stereocenters. The van der Waals surface area contributed by atoms with Gasteiger partial charge in [0.15, 0.2) is 0 Å². The molecule has 0 bridgehead atoms. The van der Waals surface area contributed by atoms with Gasteiger partial charge in [0.05, 0.1) is 16.7 Å². The molecule has 4 heteroatoms. The Labute approximate surface area is 137 Å². The maximum absolute atomic E-state index is 4.88. The molecular formula is C18H16BrN3. The van der Waals surface area contributed by atoms with Crippen LogP contribution in [0.25, 0.3) is 28.1 Å². The minimum atomic E-state index is 0.393. The number of hydrogen-bond donors (Lipinski definition) is 0. The summed E-state index contributed by atoms with van der Waals surface area (Å²) in [5, 5.41) is 0. The Kier molecular flexibility index (Phi) is 3.26. The van der Waals surface area contributed by atoms with E-state index in [4.69, 9.17) is 4.98 Å². The van der Waals surface area contributed by atoms with E-state index in [0.29, 0.717) is 4.83 Å². The zero-order chi connectivity index (χ0) is 15.1. The van der Waals surface area contributed by atoms with Crippen LogP contribution >= 0.6 is 15.9 Å². The van der Waals surface area contributed by atoms with E-state index in [0.717, 1.165) is 23.6 Å². The summed E-state index contributed by atoms with van der Waals surface area (Å²) >= 11 is 3.66. The fraction of sp³-hybridized carbons (Fsp3) is 0.167. The molecule has 0 saturated carbocycles. The second kappa shape index (κ2) is 5.29. The van der Waals surface area contributed by atoms with Gasteiger partial charge in [0.25, 0.3) is 0 Å². The van der Waals surface area contributed by atoms with Crippen molar-refractivity contribution in [2.75, 3.05) is 0 Å². The average Bonchev–Trinajstić information content (AvgIpc) is 3.08. The number of rotatable bonds is 3. The van der Waals surface area contributed by atoms with Gasteiger partial charge in [0.2, 0.25) is 5.78 Å². The molecule has 0 radical (unpaired) electrons. The second-order valence-electron chi connectivity index (χ2n) is 5.54. The zero-order valence-electron chi connectivity index (χ0n) is 12.3. The first-order valence-corrected chi connectivity index (χ1v) is 8.31. The molecule has 3 nitrogen and oxygen atoms in total. The van der Waals surface area contributed by atoms with Gasteiger partial charge in [0.1, 0.15) is 0 Å². The fourth-order valence-corrected chi connectivity index (χ4v) is 3.21. The van der Waals surface area contributed by atoms with Crippen LogP contribution in [0.15, 0.2) is 60.8 Å². The van der Waals surface area contributed by atoms with Crippen LogP contribution in [-0.4, -0.2) is 18.8 Å². The average molecular weight is 354 g/mol. The van der Waals surface area contributed by atoms with Crippen molar-refractivity contribution in [1.29, 1.82) is 0 Å². The maximum Gasteiger partial charge on any atom is 0.215 e. The molecule has 0 aliphatic rings. The number of aromatic nitrogens is 3. The number of halogens is 1. The molecular weight excluding hydrogens is 338 g/mol. The molecule has 0 fully saturated rings. The monoisotopic (exact) mass is 353 g/mol. The van der Waals surface area contributed by atoms with Crippen LogP contribution in [0.4, 0.5) is 0 Å². The topological polar surface area (TPSA) is 22.2 Å². The number of imidazole rings is 2. The molecule has 4 rings (SSSR count). The van der Waals surface area contributed by atoms with E-state index in [2.05, 4.69) is 74.4 Å². The van der Waals surface area contributed by atoms with Gasteiger partial charge < -0.3 is 4.57 Å². The predicted octanol–water partition coefficient (Wildman–Crippen LogP) is 4.74. The van der Waals surface area contributed by atoms with Crippen LogP contribution in [0.5, 0.6) is 0 Å². The molecule has 2 aromatic heterocycles. The number of benzene rings is 2. The lowest BCUT2D eigenvalue weighted by Gasteiger charge is -2.06. The first-order valence-electron chi connectivity index (χ1n) is 7.40. The Morgan fingerprint density at radius 1 is 1.00 bits per heavy atom. The van der Waals surface area contributed by atoms with Gasteiger partial charge in [-0.2, -0.15) is 0 Å². The smallest absolute Gasteiger partial charge is 0.215 e. The molecule has 1 atom stereocenters. The molecule has 22 heavy (non-hydrogen) atoms. The molecule has 2 heterocycles. The highest BCUT2D eigenvalue weighted by atomic mass is 79.9. The Morgan fingerprint density at radius 2 is 1.68 bits per heavy atom. The van der Waals surface area contributed by atoms with Gasteiger partial charge in [-0.25, -0.2) is 4.98 Å². The Morgan fingerprint density at radius 3 is 2.41 bits per heavy atom. The number of fused-ring (bicyclic) bond motifs is 3.